The van der Waals surface area contributed by atoms with Crippen LogP contribution in [0.5, 0.6) is 0 Å². The predicted octanol–water partition coefficient (Wildman–Crippen LogP) is 2.33. The average Bonchev–Trinajstić information content (AvgIpc) is 3.19. The lowest BCUT2D eigenvalue weighted by atomic mass is 10.3. The van der Waals surface area contributed by atoms with Crippen molar-refractivity contribution < 1.29 is 18.7 Å². The van der Waals surface area contributed by atoms with Gasteiger partial charge in [0.1, 0.15) is 6.54 Å². The van der Waals surface area contributed by atoms with E-state index in [1.54, 1.807) is 24.3 Å². The van der Waals surface area contributed by atoms with Crippen molar-refractivity contribution in [2.75, 3.05) is 13.2 Å². The number of fused-ring (bicyclic) bond motifs is 1. The largest absolute Gasteiger partial charge is 0.464 e. The summed E-state index contributed by atoms with van der Waals surface area (Å²) in [5.74, 6) is -1.25. The smallest absolute Gasteiger partial charge is 0.419 e. The van der Waals surface area contributed by atoms with Crippen molar-refractivity contribution in [1.29, 1.82) is 0 Å². The number of para-hydroxylation sites is 2. The summed E-state index contributed by atoms with van der Waals surface area (Å²) < 4.78 is 11.7. The molecule has 0 radical (unpaired) electrons. The van der Waals surface area contributed by atoms with Crippen LogP contribution in [0, 0.1) is 6.92 Å². The Bertz CT molecular complexity index is 985. The Morgan fingerprint density at radius 2 is 2.04 bits per heavy atom. The van der Waals surface area contributed by atoms with Gasteiger partial charge in [0.15, 0.2) is 5.58 Å². The molecular formula is C18H18N2O5S. The average molecular weight is 374 g/mol. The predicted molar refractivity (Wildman–Crippen MR) is 97.4 cm³/mol. The Hall–Kier alpha value is -2.87. The van der Waals surface area contributed by atoms with Gasteiger partial charge in [0.05, 0.1) is 17.0 Å². The number of aryl methyl sites for hydroxylation is 2. The minimum absolute atomic E-state index is 0.152. The number of nitrogens with zero attached hydrogens (tertiary/aromatic N) is 1. The van der Waals surface area contributed by atoms with Gasteiger partial charge < -0.3 is 14.5 Å². The van der Waals surface area contributed by atoms with Gasteiger partial charge >= 0.3 is 11.7 Å². The molecule has 3 rings (SSSR count). The molecule has 1 amide bonds. The monoisotopic (exact) mass is 374 g/mol. The molecule has 0 aliphatic heterocycles. The number of aromatic nitrogens is 1. The van der Waals surface area contributed by atoms with E-state index in [-0.39, 0.29) is 19.1 Å². The zero-order valence-electron chi connectivity index (χ0n) is 14.2. The molecule has 0 atom stereocenters. The van der Waals surface area contributed by atoms with Gasteiger partial charge in [0, 0.05) is 11.4 Å². The molecule has 1 aromatic carbocycles. The fourth-order valence-electron chi connectivity index (χ4n) is 2.48. The highest BCUT2D eigenvalue weighted by Gasteiger charge is 2.11. The lowest BCUT2D eigenvalue weighted by molar-refractivity contribution is -0.142. The Kier molecular flexibility index (Phi) is 5.52. The molecule has 1 N–H and O–H groups in total. The Morgan fingerprint density at radius 3 is 2.81 bits per heavy atom. The molecule has 3 aromatic rings. The zero-order valence-corrected chi connectivity index (χ0v) is 15.0. The second-order valence-corrected chi connectivity index (χ2v) is 6.94. The number of oxazole rings is 1. The number of thiophene rings is 1. The highest BCUT2D eigenvalue weighted by Crippen LogP contribution is 2.14. The van der Waals surface area contributed by atoms with Crippen molar-refractivity contribution in [3.05, 3.63) is 56.7 Å². The first-order valence-electron chi connectivity index (χ1n) is 8.13. The van der Waals surface area contributed by atoms with Gasteiger partial charge in [-0.25, -0.2) is 4.79 Å². The van der Waals surface area contributed by atoms with Crippen molar-refractivity contribution in [2.45, 2.75) is 19.9 Å². The molecule has 0 saturated heterocycles. The molecule has 2 aromatic heterocycles. The Balaban J connectivity index is 1.42. The van der Waals surface area contributed by atoms with Crippen LogP contribution in [-0.2, 0) is 16.1 Å². The van der Waals surface area contributed by atoms with Gasteiger partial charge in [-0.15, -0.1) is 11.3 Å². The normalized spacial score (nSPS) is 10.8. The molecule has 0 unspecified atom stereocenters. The third kappa shape index (κ3) is 4.20. The minimum atomic E-state index is -0.518. The van der Waals surface area contributed by atoms with E-state index >= 15 is 0 Å². The van der Waals surface area contributed by atoms with E-state index in [0.29, 0.717) is 28.9 Å². The topological polar surface area (TPSA) is 90.5 Å². The van der Waals surface area contributed by atoms with Gasteiger partial charge in [-0.05, 0) is 37.6 Å². The summed E-state index contributed by atoms with van der Waals surface area (Å²) in [5.41, 5.74) is 1.24. The molecule has 0 aliphatic carbocycles. The summed E-state index contributed by atoms with van der Waals surface area (Å²) in [6.45, 7) is 2.25. The maximum Gasteiger partial charge on any atom is 0.419 e. The lowest BCUT2D eigenvalue weighted by Crippen LogP contribution is -2.30. The molecule has 0 fully saturated rings. The third-order valence-electron chi connectivity index (χ3n) is 3.72. The van der Waals surface area contributed by atoms with Crippen molar-refractivity contribution in [2.24, 2.45) is 0 Å². The number of hydrogen-bond acceptors (Lipinski definition) is 6. The first kappa shape index (κ1) is 17.9. The van der Waals surface area contributed by atoms with E-state index < -0.39 is 11.7 Å². The van der Waals surface area contributed by atoms with Crippen molar-refractivity contribution in [3.8, 4) is 0 Å². The van der Waals surface area contributed by atoms with Crippen molar-refractivity contribution in [3.63, 3.8) is 0 Å². The van der Waals surface area contributed by atoms with Crippen LogP contribution in [0.4, 0.5) is 0 Å². The quantitative estimate of drug-likeness (QED) is 0.506. The zero-order chi connectivity index (χ0) is 18.5. The lowest BCUT2D eigenvalue weighted by Gasteiger charge is -2.06. The summed E-state index contributed by atoms with van der Waals surface area (Å²) in [6.07, 6.45) is 0.466. The van der Waals surface area contributed by atoms with Crippen LogP contribution >= 0.6 is 11.3 Å². The minimum Gasteiger partial charge on any atom is -0.464 e. The molecule has 26 heavy (non-hydrogen) atoms. The summed E-state index contributed by atoms with van der Waals surface area (Å²) in [4.78, 5) is 37.0. The molecule has 0 bridgehead atoms. The summed E-state index contributed by atoms with van der Waals surface area (Å²) >= 11 is 1.36. The number of carbonyl (C=O) groups is 2. The van der Waals surface area contributed by atoms with Crippen molar-refractivity contribution >= 4 is 34.3 Å². The second kappa shape index (κ2) is 8.01. The second-order valence-electron chi connectivity index (χ2n) is 5.65. The molecular weight excluding hydrogens is 356 g/mol. The maximum absolute atomic E-state index is 11.9. The highest BCUT2D eigenvalue weighted by atomic mass is 32.1. The number of amides is 1. The maximum atomic E-state index is 11.9. The van der Waals surface area contributed by atoms with Crippen molar-refractivity contribution in [1.82, 2.24) is 9.88 Å². The summed E-state index contributed by atoms with van der Waals surface area (Å²) in [6, 6.07) is 10.7. The van der Waals surface area contributed by atoms with E-state index in [4.69, 9.17) is 9.15 Å². The van der Waals surface area contributed by atoms with E-state index in [9.17, 15) is 14.4 Å². The van der Waals surface area contributed by atoms with Gasteiger partial charge in [-0.1, -0.05) is 12.1 Å². The number of benzene rings is 1. The highest BCUT2D eigenvalue weighted by molar-refractivity contribution is 7.13. The molecule has 7 nitrogen and oxygen atoms in total. The fraction of sp³-hybridized carbons (Fsp3) is 0.278. The number of esters is 1. The van der Waals surface area contributed by atoms with E-state index in [1.165, 1.54) is 15.9 Å². The molecule has 0 saturated carbocycles. The molecule has 0 aliphatic rings. The van der Waals surface area contributed by atoms with Crippen LogP contribution in [0.2, 0.25) is 0 Å². The van der Waals surface area contributed by atoms with Crippen LogP contribution in [0.15, 0.2) is 45.6 Å². The Morgan fingerprint density at radius 1 is 1.23 bits per heavy atom. The molecule has 0 spiro atoms. The third-order valence-corrected chi connectivity index (χ3v) is 4.72. The SMILES string of the molecule is Cc1ccc(C(=O)NCC(=O)OCCCn2c(=O)oc3ccccc32)s1. The number of hydrogen-bond donors (Lipinski definition) is 1. The van der Waals surface area contributed by atoms with Crippen LogP contribution in [0.25, 0.3) is 11.1 Å². The van der Waals surface area contributed by atoms with Gasteiger partial charge in [0.2, 0.25) is 0 Å². The van der Waals surface area contributed by atoms with E-state index in [1.807, 2.05) is 19.1 Å². The summed E-state index contributed by atoms with van der Waals surface area (Å²) in [7, 11) is 0. The first-order chi connectivity index (χ1) is 12.5. The number of rotatable bonds is 7. The fourth-order valence-corrected chi connectivity index (χ4v) is 3.27. The van der Waals surface area contributed by atoms with Gasteiger partial charge in [-0.2, -0.15) is 0 Å². The molecule has 2 heterocycles. The van der Waals surface area contributed by atoms with E-state index in [2.05, 4.69) is 5.32 Å². The number of nitrogens with one attached hydrogen (secondary N) is 1. The van der Waals surface area contributed by atoms with Gasteiger partial charge in [0.25, 0.3) is 5.91 Å². The van der Waals surface area contributed by atoms with Crippen LogP contribution in [-0.4, -0.2) is 29.6 Å². The van der Waals surface area contributed by atoms with Crippen LogP contribution in [0.1, 0.15) is 21.0 Å². The standard InChI is InChI=1S/C18H18N2O5S/c1-12-7-8-15(26-12)17(22)19-11-16(21)24-10-4-9-20-13-5-2-3-6-14(13)25-18(20)23/h2-3,5-8H,4,9-11H2,1H3,(H,19,22). The van der Waals surface area contributed by atoms with Gasteiger partial charge in [-0.3, -0.25) is 14.2 Å². The molecule has 136 valence electrons. The van der Waals surface area contributed by atoms with Crippen LogP contribution in [0.3, 0.4) is 0 Å². The van der Waals surface area contributed by atoms with Crippen LogP contribution < -0.4 is 11.1 Å². The first-order valence-corrected chi connectivity index (χ1v) is 8.95. The van der Waals surface area contributed by atoms with E-state index in [0.717, 1.165) is 4.88 Å². The summed E-state index contributed by atoms with van der Waals surface area (Å²) in [5, 5.41) is 2.53. The number of ether oxygens (including phenoxy) is 1. The Labute approximate surface area is 153 Å². The number of carbonyl (C=O) groups excluding carboxylic acids is 2. The molecule has 8 heteroatoms.